The van der Waals surface area contributed by atoms with Gasteiger partial charge in [-0.1, -0.05) is 32.0 Å². The predicted molar refractivity (Wildman–Crippen MR) is 60.5 cm³/mol. The van der Waals surface area contributed by atoms with Crippen molar-refractivity contribution in [1.29, 1.82) is 0 Å². The van der Waals surface area contributed by atoms with E-state index in [4.69, 9.17) is 0 Å². The van der Waals surface area contributed by atoms with E-state index in [-0.39, 0.29) is 6.10 Å². The lowest BCUT2D eigenvalue weighted by atomic mass is 10.1. The molecule has 0 fully saturated rings. The molecule has 0 aliphatic heterocycles. The Morgan fingerprint density at radius 1 is 1.29 bits per heavy atom. The van der Waals surface area contributed by atoms with Gasteiger partial charge in [-0.25, -0.2) is 0 Å². The SMILES string of the molecule is Cc1ccccc1NCC(O)C(C)C. The van der Waals surface area contributed by atoms with Crippen molar-refractivity contribution in [2.75, 3.05) is 11.9 Å². The standard InChI is InChI=1S/C12H19NO/c1-9(2)12(14)8-13-11-7-5-4-6-10(11)3/h4-7,9,12-14H,8H2,1-3H3. The predicted octanol–water partition coefficient (Wildman–Crippen LogP) is 2.42. The Kier molecular flexibility index (Phi) is 3.96. The molecule has 0 saturated carbocycles. The Balaban J connectivity index is 2.50. The second-order valence-electron chi connectivity index (χ2n) is 4.01. The van der Waals surface area contributed by atoms with Crippen molar-refractivity contribution < 1.29 is 5.11 Å². The lowest BCUT2D eigenvalue weighted by Crippen LogP contribution is -2.24. The van der Waals surface area contributed by atoms with Crippen LogP contribution in [0.1, 0.15) is 19.4 Å². The number of hydrogen-bond acceptors (Lipinski definition) is 2. The molecule has 2 nitrogen and oxygen atoms in total. The molecule has 14 heavy (non-hydrogen) atoms. The van der Waals surface area contributed by atoms with Crippen LogP contribution in [0.25, 0.3) is 0 Å². The molecule has 2 heteroatoms. The Morgan fingerprint density at radius 3 is 2.50 bits per heavy atom. The summed E-state index contributed by atoms with van der Waals surface area (Å²) in [5, 5.41) is 12.9. The quantitative estimate of drug-likeness (QED) is 0.769. The molecule has 0 radical (unpaired) electrons. The van der Waals surface area contributed by atoms with Crippen LogP contribution in [0.5, 0.6) is 0 Å². The van der Waals surface area contributed by atoms with Crippen LogP contribution in [0, 0.1) is 12.8 Å². The molecule has 0 bridgehead atoms. The second kappa shape index (κ2) is 5.01. The summed E-state index contributed by atoms with van der Waals surface area (Å²) in [7, 11) is 0. The van der Waals surface area contributed by atoms with Crippen LogP contribution in [-0.2, 0) is 0 Å². The smallest absolute Gasteiger partial charge is 0.0735 e. The maximum atomic E-state index is 9.62. The van der Waals surface area contributed by atoms with Gasteiger partial charge in [-0.15, -0.1) is 0 Å². The van der Waals surface area contributed by atoms with Crippen LogP contribution in [0.15, 0.2) is 24.3 Å². The molecule has 0 aliphatic carbocycles. The maximum Gasteiger partial charge on any atom is 0.0735 e. The van der Waals surface area contributed by atoms with Crippen molar-refractivity contribution >= 4 is 5.69 Å². The van der Waals surface area contributed by atoms with E-state index in [0.29, 0.717) is 12.5 Å². The highest BCUT2D eigenvalue weighted by atomic mass is 16.3. The number of aliphatic hydroxyl groups is 1. The van der Waals surface area contributed by atoms with Crippen LogP contribution in [0.4, 0.5) is 5.69 Å². The summed E-state index contributed by atoms with van der Waals surface area (Å²) in [5.41, 5.74) is 2.32. The molecular weight excluding hydrogens is 174 g/mol. The first kappa shape index (κ1) is 11.1. The molecule has 2 N–H and O–H groups in total. The minimum Gasteiger partial charge on any atom is -0.391 e. The number of benzene rings is 1. The van der Waals surface area contributed by atoms with Gasteiger partial charge >= 0.3 is 0 Å². The first-order chi connectivity index (χ1) is 6.61. The van der Waals surface area contributed by atoms with Crippen LogP contribution in [0.3, 0.4) is 0 Å². The Bertz CT molecular complexity index is 283. The van der Waals surface area contributed by atoms with Gasteiger partial charge in [0.15, 0.2) is 0 Å². The molecule has 0 aliphatic rings. The Hall–Kier alpha value is -1.02. The van der Waals surface area contributed by atoms with Gasteiger partial charge < -0.3 is 10.4 Å². The fourth-order valence-electron chi connectivity index (χ4n) is 1.22. The van der Waals surface area contributed by atoms with Crippen LogP contribution >= 0.6 is 0 Å². The molecule has 0 saturated heterocycles. The molecule has 0 spiro atoms. The van der Waals surface area contributed by atoms with Crippen molar-refractivity contribution in [3.63, 3.8) is 0 Å². The first-order valence-electron chi connectivity index (χ1n) is 5.09. The average Bonchev–Trinajstić information content (AvgIpc) is 2.16. The summed E-state index contributed by atoms with van der Waals surface area (Å²) in [6, 6.07) is 8.10. The third kappa shape index (κ3) is 3.04. The average molecular weight is 193 g/mol. The Labute approximate surface area is 86.0 Å². The summed E-state index contributed by atoms with van der Waals surface area (Å²) in [4.78, 5) is 0. The first-order valence-corrected chi connectivity index (χ1v) is 5.09. The number of para-hydroxylation sites is 1. The minimum atomic E-state index is -0.283. The van der Waals surface area contributed by atoms with Crippen molar-refractivity contribution in [2.45, 2.75) is 26.9 Å². The second-order valence-corrected chi connectivity index (χ2v) is 4.01. The van der Waals surface area contributed by atoms with Crippen molar-refractivity contribution in [2.24, 2.45) is 5.92 Å². The van der Waals surface area contributed by atoms with Gasteiger partial charge in [0.25, 0.3) is 0 Å². The molecule has 0 aromatic heterocycles. The van der Waals surface area contributed by atoms with E-state index in [1.54, 1.807) is 0 Å². The normalized spacial score (nSPS) is 12.9. The third-order valence-electron chi connectivity index (χ3n) is 2.42. The number of anilines is 1. The highest BCUT2D eigenvalue weighted by Crippen LogP contribution is 2.13. The molecular formula is C12H19NO. The van der Waals surface area contributed by atoms with E-state index in [9.17, 15) is 5.11 Å². The number of hydrogen-bond donors (Lipinski definition) is 2. The molecule has 1 rings (SSSR count). The van der Waals surface area contributed by atoms with Crippen molar-refractivity contribution in [1.82, 2.24) is 0 Å². The van der Waals surface area contributed by atoms with E-state index in [1.807, 2.05) is 32.0 Å². The molecule has 1 aromatic rings. The van der Waals surface area contributed by atoms with E-state index < -0.39 is 0 Å². The lowest BCUT2D eigenvalue weighted by Gasteiger charge is -2.16. The fourth-order valence-corrected chi connectivity index (χ4v) is 1.22. The highest BCUT2D eigenvalue weighted by Gasteiger charge is 2.08. The van der Waals surface area contributed by atoms with Crippen LogP contribution in [-0.4, -0.2) is 17.8 Å². The summed E-state index contributed by atoms with van der Waals surface area (Å²) in [6.07, 6.45) is -0.283. The summed E-state index contributed by atoms with van der Waals surface area (Å²) in [5.74, 6) is 0.298. The zero-order chi connectivity index (χ0) is 10.6. The fraction of sp³-hybridized carbons (Fsp3) is 0.500. The molecule has 78 valence electrons. The summed E-state index contributed by atoms with van der Waals surface area (Å²) < 4.78 is 0. The molecule has 0 amide bonds. The Morgan fingerprint density at radius 2 is 1.93 bits per heavy atom. The van der Waals surface area contributed by atoms with Crippen LogP contribution < -0.4 is 5.32 Å². The van der Waals surface area contributed by atoms with Gasteiger partial charge in [-0.05, 0) is 24.5 Å². The number of aliphatic hydroxyl groups excluding tert-OH is 1. The van der Waals surface area contributed by atoms with E-state index in [0.717, 1.165) is 5.69 Å². The highest BCUT2D eigenvalue weighted by molar-refractivity contribution is 5.50. The minimum absolute atomic E-state index is 0.283. The molecule has 0 heterocycles. The largest absolute Gasteiger partial charge is 0.391 e. The van der Waals surface area contributed by atoms with Gasteiger partial charge in [-0.3, -0.25) is 0 Å². The molecule has 1 aromatic carbocycles. The summed E-state index contributed by atoms with van der Waals surface area (Å²) in [6.45, 7) is 6.71. The number of nitrogens with one attached hydrogen (secondary N) is 1. The number of rotatable bonds is 4. The van der Waals surface area contributed by atoms with Gasteiger partial charge in [0.2, 0.25) is 0 Å². The van der Waals surface area contributed by atoms with E-state index in [2.05, 4.69) is 18.3 Å². The lowest BCUT2D eigenvalue weighted by molar-refractivity contribution is 0.138. The topological polar surface area (TPSA) is 32.3 Å². The van der Waals surface area contributed by atoms with Gasteiger partial charge in [0.1, 0.15) is 0 Å². The zero-order valence-electron chi connectivity index (χ0n) is 9.12. The van der Waals surface area contributed by atoms with Crippen molar-refractivity contribution in [3.05, 3.63) is 29.8 Å². The third-order valence-corrected chi connectivity index (χ3v) is 2.42. The monoisotopic (exact) mass is 193 g/mol. The van der Waals surface area contributed by atoms with Crippen molar-refractivity contribution in [3.8, 4) is 0 Å². The van der Waals surface area contributed by atoms with Crippen LogP contribution in [0.2, 0.25) is 0 Å². The molecule has 1 unspecified atom stereocenters. The van der Waals surface area contributed by atoms with Gasteiger partial charge in [0, 0.05) is 12.2 Å². The number of aryl methyl sites for hydroxylation is 1. The summed E-state index contributed by atoms with van der Waals surface area (Å²) >= 11 is 0. The van der Waals surface area contributed by atoms with Gasteiger partial charge in [0.05, 0.1) is 6.10 Å². The van der Waals surface area contributed by atoms with E-state index >= 15 is 0 Å². The molecule has 1 atom stereocenters. The zero-order valence-corrected chi connectivity index (χ0v) is 9.12. The van der Waals surface area contributed by atoms with Gasteiger partial charge in [-0.2, -0.15) is 0 Å². The van der Waals surface area contributed by atoms with E-state index in [1.165, 1.54) is 5.56 Å². The maximum absolute atomic E-state index is 9.62.